The van der Waals surface area contributed by atoms with Gasteiger partial charge in [0.15, 0.2) is 5.71 Å². The molecule has 0 bridgehead atoms. The van der Waals surface area contributed by atoms with Crippen molar-refractivity contribution in [1.29, 1.82) is 0 Å². The number of rotatable bonds is 9. The lowest BCUT2D eigenvalue weighted by Gasteiger charge is -2.10. The Labute approximate surface area is 219 Å². The predicted octanol–water partition coefficient (Wildman–Crippen LogP) is 5.06. The maximum Gasteiger partial charge on any atom is 0.273 e. The largest absolute Gasteiger partial charge is 0.457 e. The predicted molar refractivity (Wildman–Crippen MR) is 143 cm³/mol. The van der Waals surface area contributed by atoms with Crippen molar-refractivity contribution < 1.29 is 19.2 Å². The molecule has 0 saturated heterocycles. The molecule has 0 saturated carbocycles. The van der Waals surface area contributed by atoms with Crippen LogP contribution in [0.1, 0.15) is 23.7 Å². The van der Waals surface area contributed by atoms with Crippen molar-refractivity contribution in [3.8, 4) is 11.5 Å². The Kier molecular flexibility index (Phi) is 8.05. The van der Waals surface area contributed by atoms with E-state index in [9.17, 15) is 4.79 Å². The molecule has 190 valence electrons. The monoisotopic (exact) mass is 519 g/mol. The maximum atomic E-state index is 12.3. The van der Waals surface area contributed by atoms with Gasteiger partial charge in [0.1, 0.15) is 36.6 Å². The molecule has 3 aromatic carbocycles. The van der Waals surface area contributed by atoms with E-state index in [2.05, 4.69) is 20.7 Å². The van der Waals surface area contributed by atoms with Crippen LogP contribution >= 0.6 is 11.6 Å². The Hall–Kier alpha value is -4.37. The second-order valence-corrected chi connectivity index (χ2v) is 8.45. The van der Waals surface area contributed by atoms with Crippen LogP contribution in [0.2, 0.25) is 5.02 Å². The van der Waals surface area contributed by atoms with Gasteiger partial charge in [0.05, 0.1) is 5.52 Å². The molecule has 1 amide bonds. The average Bonchev–Trinajstić information content (AvgIpc) is 3.24. The summed E-state index contributed by atoms with van der Waals surface area (Å²) >= 11 is 5.95. The summed E-state index contributed by atoms with van der Waals surface area (Å²) in [5, 5.41) is 16.9. The van der Waals surface area contributed by atoms with E-state index in [1.165, 1.54) is 14.2 Å². The topological polar surface area (TPSA) is 99.3 Å². The van der Waals surface area contributed by atoms with E-state index >= 15 is 0 Å². The number of nitrogens with zero attached hydrogens (tertiary/aromatic N) is 4. The lowest BCUT2D eigenvalue weighted by molar-refractivity contribution is -0.114. The van der Waals surface area contributed by atoms with E-state index in [4.69, 9.17) is 26.0 Å². The van der Waals surface area contributed by atoms with Gasteiger partial charge >= 0.3 is 0 Å². The van der Waals surface area contributed by atoms with Gasteiger partial charge in [0, 0.05) is 41.7 Å². The minimum Gasteiger partial charge on any atom is -0.457 e. The highest BCUT2D eigenvalue weighted by atomic mass is 35.5. The molecule has 0 unspecified atom stereocenters. The highest BCUT2D eigenvalue weighted by molar-refractivity contribution is 6.45. The van der Waals surface area contributed by atoms with Crippen LogP contribution in [0, 0.1) is 0 Å². The molecule has 0 aliphatic rings. The van der Waals surface area contributed by atoms with Gasteiger partial charge < -0.3 is 19.7 Å². The smallest absolute Gasteiger partial charge is 0.273 e. The summed E-state index contributed by atoms with van der Waals surface area (Å²) in [5.74, 6) is 0.998. The van der Waals surface area contributed by atoms with E-state index in [1.54, 1.807) is 22.9 Å². The lowest BCUT2D eigenvalue weighted by Crippen LogP contribution is -2.29. The summed E-state index contributed by atoms with van der Waals surface area (Å²) in [4.78, 5) is 22.8. The van der Waals surface area contributed by atoms with Crippen molar-refractivity contribution in [2.75, 3.05) is 14.2 Å². The van der Waals surface area contributed by atoms with Crippen molar-refractivity contribution in [2.45, 2.75) is 13.5 Å². The van der Waals surface area contributed by atoms with E-state index < -0.39 is 0 Å². The van der Waals surface area contributed by atoms with Crippen molar-refractivity contribution in [2.24, 2.45) is 17.4 Å². The Balaban J connectivity index is 1.53. The first-order chi connectivity index (χ1) is 17.9. The number of carbonyl (C=O) groups is 1. The standard InChI is InChI=1S/C27H26ClN5O4/c1-17(31-36-16-18-7-5-6-8-22(18)26(32-35-4)27(34)29-2)25-23-14-13-21(15-24(23)33(3)30-25)37-20-11-9-19(28)10-12-20/h5-15H,16H2,1-4H3,(H,29,34). The number of aryl methyl sites for hydroxylation is 1. The van der Waals surface area contributed by atoms with Crippen LogP contribution in [-0.4, -0.2) is 41.3 Å². The number of likely N-dealkylation sites (N-methyl/N-ethyl adjacent to an activating group) is 1. The molecule has 4 rings (SSSR count). The summed E-state index contributed by atoms with van der Waals surface area (Å²) in [7, 11) is 4.78. The molecule has 37 heavy (non-hydrogen) atoms. The zero-order valence-electron chi connectivity index (χ0n) is 20.9. The van der Waals surface area contributed by atoms with Gasteiger partial charge in [-0.15, -0.1) is 0 Å². The molecule has 0 fully saturated rings. The van der Waals surface area contributed by atoms with Gasteiger partial charge in [-0.1, -0.05) is 46.2 Å². The first-order valence-corrected chi connectivity index (χ1v) is 11.8. The number of carbonyl (C=O) groups excluding carboxylic acids is 1. The highest BCUT2D eigenvalue weighted by Gasteiger charge is 2.18. The lowest BCUT2D eigenvalue weighted by atomic mass is 10.0. The van der Waals surface area contributed by atoms with Crippen LogP contribution in [0.15, 0.2) is 77.0 Å². The fourth-order valence-electron chi connectivity index (χ4n) is 3.75. The van der Waals surface area contributed by atoms with E-state index in [-0.39, 0.29) is 18.2 Å². The molecule has 0 aliphatic carbocycles. The van der Waals surface area contributed by atoms with Crippen molar-refractivity contribution in [3.05, 3.63) is 88.6 Å². The van der Waals surface area contributed by atoms with Gasteiger partial charge in [-0.3, -0.25) is 9.48 Å². The molecule has 1 aromatic heterocycles. The fourth-order valence-corrected chi connectivity index (χ4v) is 3.87. The van der Waals surface area contributed by atoms with Crippen LogP contribution < -0.4 is 10.1 Å². The average molecular weight is 520 g/mol. The second-order valence-electron chi connectivity index (χ2n) is 8.02. The minimum absolute atomic E-state index is 0.122. The molecule has 10 heteroatoms. The molecule has 1 N–H and O–H groups in total. The van der Waals surface area contributed by atoms with E-state index in [0.29, 0.717) is 33.5 Å². The summed E-state index contributed by atoms with van der Waals surface area (Å²) in [6.07, 6.45) is 0. The Bertz CT molecular complexity index is 1480. The molecule has 1 heterocycles. The van der Waals surface area contributed by atoms with Gasteiger partial charge in [-0.25, -0.2) is 0 Å². The molecule has 0 spiro atoms. The van der Waals surface area contributed by atoms with Crippen LogP contribution in [0.5, 0.6) is 11.5 Å². The summed E-state index contributed by atoms with van der Waals surface area (Å²) < 4.78 is 7.72. The summed E-state index contributed by atoms with van der Waals surface area (Å²) in [6, 6.07) is 20.2. The number of fused-ring (bicyclic) bond motifs is 1. The van der Waals surface area contributed by atoms with Crippen LogP contribution in [0.4, 0.5) is 0 Å². The van der Waals surface area contributed by atoms with E-state index in [0.717, 1.165) is 16.5 Å². The van der Waals surface area contributed by atoms with Gasteiger partial charge in [-0.05, 0) is 43.3 Å². The van der Waals surface area contributed by atoms with Crippen molar-refractivity contribution in [1.82, 2.24) is 15.1 Å². The third kappa shape index (κ3) is 5.90. The Morgan fingerprint density at radius 2 is 1.78 bits per heavy atom. The number of hydrogen-bond acceptors (Lipinski definition) is 7. The third-order valence-electron chi connectivity index (χ3n) is 5.53. The van der Waals surface area contributed by atoms with Gasteiger partial charge in [0.2, 0.25) is 0 Å². The fraction of sp³-hybridized carbons (Fsp3) is 0.185. The molecular weight excluding hydrogens is 494 g/mol. The number of amides is 1. The highest BCUT2D eigenvalue weighted by Crippen LogP contribution is 2.28. The molecular formula is C27H26ClN5O4. The number of aromatic nitrogens is 2. The van der Waals surface area contributed by atoms with Gasteiger partial charge in [-0.2, -0.15) is 5.10 Å². The molecule has 0 atom stereocenters. The molecule has 4 aromatic rings. The second kappa shape index (κ2) is 11.6. The quantitative estimate of drug-likeness (QED) is 0.246. The molecule has 0 radical (unpaired) electrons. The zero-order valence-corrected chi connectivity index (χ0v) is 21.6. The molecule has 0 aliphatic heterocycles. The number of ether oxygens (including phenoxy) is 1. The number of benzene rings is 3. The maximum absolute atomic E-state index is 12.3. The normalized spacial score (nSPS) is 11.9. The summed E-state index contributed by atoms with van der Waals surface area (Å²) in [5.41, 5.74) is 3.65. The van der Waals surface area contributed by atoms with E-state index in [1.807, 2.05) is 62.5 Å². The first-order valence-electron chi connectivity index (χ1n) is 11.4. The number of oxime groups is 2. The SMILES string of the molecule is CNC(=O)C(=NOC)c1ccccc1CON=C(C)c1nn(C)c2cc(Oc3ccc(Cl)cc3)ccc12. The van der Waals surface area contributed by atoms with Crippen LogP contribution in [0.3, 0.4) is 0 Å². The van der Waals surface area contributed by atoms with Crippen molar-refractivity contribution in [3.63, 3.8) is 0 Å². The molecule has 9 nitrogen and oxygen atoms in total. The van der Waals surface area contributed by atoms with Gasteiger partial charge in [0.25, 0.3) is 5.91 Å². The third-order valence-corrected chi connectivity index (χ3v) is 5.79. The Morgan fingerprint density at radius 3 is 2.51 bits per heavy atom. The zero-order chi connectivity index (χ0) is 26.4. The number of halogens is 1. The number of hydrogen-bond donors (Lipinski definition) is 1. The summed E-state index contributed by atoms with van der Waals surface area (Å²) in [6.45, 7) is 1.95. The number of nitrogens with one attached hydrogen (secondary N) is 1. The van der Waals surface area contributed by atoms with Crippen LogP contribution in [0.25, 0.3) is 10.9 Å². The Morgan fingerprint density at radius 1 is 1.05 bits per heavy atom. The van der Waals surface area contributed by atoms with Crippen LogP contribution in [-0.2, 0) is 28.1 Å². The first kappa shape index (κ1) is 25.7. The minimum atomic E-state index is -0.367. The van der Waals surface area contributed by atoms with Crippen molar-refractivity contribution >= 4 is 39.8 Å².